The fourth-order valence-electron chi connectivity index (χ4n) is 2.43. The van der Waals surface area contributed by atoms with Crippen molar-refractivity contribution in [1.29, 1.82) is 0 Å². The number of hydrogen-bond donors (Lipinski definition) is 0. The maximum absolute atomic E-state index is 12.5. The Hall–Kier alpha value is -2.14. The lowest BCUT2D eigenvalue weighted by molar-refractivity contribution is -0.137. The van der Waals surface area contributed by atoms with E-state index in [9.17, 15) is 21.6 Å². The molecule has 2 aromatic heterocycles. The maximum Gasteiger partial charge on any atom is 0.417 e. The molecule has 0 aliphatic carbocycles. The average molecular weight is 377 g/mol. The fraction of sp³-hybridized carbons (Fsp3) is 0.429. The Morgan fingerprint density at radius 2 is 1.96 bits per heavy atom. The second kappa shape index (κ2) is 5.99. The van der Waals surface area contributed by atoms with Crippen molar-refractivity contribution in [2.45, 2.75) is 31.0 Å². The van der Waals surface area contributed by atoms with Gasteiger partial charge in [-0.05, 0) is 19.9 Å². The summed E-state index contributed by atoms with van der Waals surface area (Å²) in [6.45, 7) is 3.17. The molecule has 0 unspecified atom stereocenters. The number of hydrogen-bond acceptors (Lipinski definition) is 6. The molecule has 25 heavy (non-hydrogen) atoms. The number of aromatic nitrogens is 2. The molecule has 1 fully saturated rings. The predicted molar refractivity (Wildman–Crippen MR) is 78.4 cm³/mol. The number of alkyl halides is 3. The molecule has 3 rings (SSSR count). The minimum atomic E-state index is -4.47. The molecule has 2 aromatic rings. The normalized spacial score (nSPS) is 16.7. The zero-order valence-electron chi connectivity index (χ0n) is 13.2. The predicted octanol–water partition coefficient (Wildman–Crippen LogP) is 2.16. The molecule has 0 amide bonds. The van der Waals surface area contributed by atoms with Gasteiger partial charge in [0.15, 0.2) is 5.76 Å². The summed E-state index contributed by atoms with van der Waals surface area (Å²) in [7, 11) is -3.74. The van der Waals surface area contributed by atoms with E-state index in [-0.39, 0.29) is 35.3 Å². The maximum atomic E-state index is 12.5. The van der Waals surface area contributed by atoms with Gasteiger partial charge in [0, 0.05) is 12.3 Å². The van der Waals surface area contributed by atoms with Crippen molar-refractivity contribution in [1.82, 2.24) is 14.4 Å². The minimum Gasteiger partial charge on any atom is -0.472 e. The number of sulfonamides is 1. The lowest BCUT2D eigenvalue weighted by atomic mass is 10.2. The zero-order valence-corrected chi connectivity index (χ0v) is 14.1. The molecule has 0 radical (unpaired) electrons. The van der Waals surface area contributed by atoms with E-state index in [1.165, 1.54) is 18.2 Å². The van der Waals surface area contributed by atoms with Crippen molar-refractivity contribution in [3.8, 4) is 5.88 Å². The van der Waals surface area contributed by atoms with Gasteiger partial charge in [0.2, 0.25) is 15.9 Å². The molecule has 7 nitrogen and oxygen atoms in total. The van der Waals surface area contributed by atoms with Crippen LogP contribution in [0.15, 0.2) is 27.7 Å². The quantitative estimate of drug-likeness (QED) is 0.812. The number of aryl methyl sites for hydroxylation is 2. The molecular formula is C14H14F3N3O4S. The first-order chi connectivity index (χ1) is 11.6. The minimum absolute atomic E-state index is 0.00684. The third kappa shape index (κ3) is 3.33. The molecule has 0 atom stereocenters. The zero-order chi connectivity index (χ0) is 18.4. The van der Waals surface area contributed by atoms with Crippen molar-refractivity contribution in [2.24, 2.45) is 0 Å². The van der Waals surface area contributed by atoms with Crippen molar-refractivity contribution < 1.29 is 30.8 Å². The van der Waals surface area contributed by atoms with Gasteiger partial charge < -0.3 is 9.26 Å². The van der Waals surface area contributed by atoms with E-state index in [0.717, 1.165) is 12.1 Å². The van der Waals surface area contributed by atoms with E-state index in [1.807, 2.05) is 0 Å². The van der Waals surface area contributed by atoms with Crippen molar-refractivity contribution >= 4 is 10.0 Å². The Kier molecular flexibility index (Phi) is 4.23. The van der Waals surface area contributed by atoms with Crippen LogP contribution in [0.2, 0.25) is 0 Å². The van der Waals surface area contributed by atoms with Crippen LogP contribution in [0.5, 0.6) is 5.88 Å². The smallest absolute Gasteiger partial charge is 0.417 e. The molecule has 1 saturated heterocycles. The Balaban J connectivity index is 1.63. The number of rotatable bonds is 4. The Morgan fingerprint density at radius 1 is 1.28 bits per heavy atom. The third-order valence-corrected chi connectivity index (χ3v) is 5.81. The number of halogens is 3. The SMILES string of the molecule is Cc1noc(C)c1S(=O)(=O)N1CC(Oc2ccc(C(F)(F)F)cn2)C1. The molecule has 0 N–H and O–H groups in total. The summed E-state index contributed by atoms with van der Waals surface area (Å²) in [6, 6.07) is 1.97. The highest BCUT2D eigenvalue weighted by Gasteiger charge is 2.41. The van der Waals surface area contributed by atoms with E-state index in [1.54, 1.807) is 0 Å². The second-order valence-corrected chi connectivity index (χ2v) is 7.47. The summed E-state index contributed by atoms with van der Waals surface area (Å²) < 4.78 is 73.9. The number of nitrogens with zero attached hydrogens (tertiary/aromatic N) is 3. The lowest BCUT2D eigenvalue weighted by Crippen LogP contribution is -2.56. The average Bonchev–Trinajstić information content (AvgIpc) is 2.81. The van der Waals surface area contributed by atoms with Crippen LogP contribution in [0, 0.1) is 13.8 Å². The fourth-order valence-corrected chi connectivity index (χ4v) is 4.23. The topological polar surface area (TPSA) is 85.5 Å². The Morgan fingerprint density at radius 3 is 2.44 bits per heavy atom. The van der Waals surface area contributed by atoms with E-state index in [0.29, 0.717) is 6.20 Å². The molecule has 136 valence electrons. The molecule has 0 aromatic carbocycles. The number of ether oxygens (including phenoxy) is 1. The van der Waals surface area contributed by atoms with E-state index in [2.05, 4.69) is 10.1 Å². The van der Waals surface area contributed by atoms with Crippen LogP contribution in [0.25, 0.3) is 0 Å². The summed E-state index contributed by atoms with van der Waals surface area (Å²) in [5.41, 5.74) is -0.609. The van der Waals surface area contributed by atoms with Crippen LogP contribution >= 0.6 is 0 Å². The van der Waals surface area contributed by atoms with Crippen molar-refractivity contribution in [2.75, 3.05) is 13.1 Å². The van der Waals surface area contributed by atoms with Gasteiger partial charge in [0.05, 0.1) is 18.7 Å². The van der Waals surface area contributed by atoms with Crippen LogP contribution in [-0.4, -0.2) is 42.1 Å². The summed E-state index contributed by atoms with van der Waals surface area (Å²) >= 11 is 0. The number of pyridine rings is 1. The third-order valence-electron chi connectivity index (χ3n) is 3.73. The van der Waals surface area contributed by atoms with Gasteiger partial charge in [-0.1, -0.05) is 5.16 Å². The largest absolute Gasteiger partial charge is 0.472 e. The van der Waals surface area contributed by atoms with E-state index in [4.69, 9.17) is 9.26 Å². The molecule has 3 heterocycles. The first kappa shape index (κ1) is 17.7. The van der Waals surface area contributed by atoms with Crippen LogP contribution in [0.4, 0.5) is 13.2 Å². The molecule has 1 aliphatic rings. The molecule has 1 aliphatic heterocycles. The Bertz CT molecular complexity index is 852. The van der Waals surface area contributed by atoms with Gasteiger partial charge in [-0.15, -0.1) is 0 Å². The lowest BCUT2D eigenvalue weighted by Gasteiger charge is -2.37. The molecule has 11 heteroatoms. The molecule has 0 saturated carbocycles. The molecular weight excluding hydrogens is 363 g/mol. The Labute approximate surface area is 141 Å². The highest BCUT2D eigenvalue weighted by molar-refractivity contribution is 7.89. The van der Waals surface area contributed by atoms with Crippen molar-refractivity contribution in [3.05, 3.63) is 35.3 Å². The van der Waals surface area contributed by atoms with Crippen molar-refractivity contribution in [3.63, 3.8) is 0 Å². The van der Waals surface area contributed by atoms with E-state index >= 15 is 0 Å². The van der Waals surface area contributed by atoms with Crippen LogP contribution in [0.1, 0.15) is 17.0 Å². The summed E-state index contributed by atoms with van der Waals surface area (Å²) in [4.78, 5) is 3.62. The highest BCUT2D eigenvalue weighted by atomic mass is 32.2. The van der Waals surface area contributed by atoms with Crippen LogP contribution in [0.3, 0.4) is 0 Å². The van der Waals surface area contributed by atoms with Gasteiger partial charge in [-0.25, -0.2) is 13.4 Å². The molecule has 0 bridgehead atoms. The first-order valence-electron chi connectivity index (χ1n) is 7.22. The first-order valence-corrected chi connectivity index (χ1v) is 8.66. The van der Waals surface area contributed by atoms with Gasteiger partial charge in [-0.3, -0.25) is 0 Å². The van der Waals surface area contributed by atoms with Gasteiger partial charge in [-0.2, -0.15) is 17.5 Å². The summed E-state index contributed by atoms with van der Waals surface area (Å²) in [6.07, 6.45) is -4.28. The summed E-state index contributed by atoms with van der Waals surface area (Å²) in [5, 5.41) is 3.62. The van der Waals surface area contributed by atoms with Gasteiger partial charge >= 0.3 is 6.18 Å². The highest BCUT2D eigenvalue weighted by Crippen LogP contribution is 2.30. The van der Waals surface area contributed by atoms with Gasteiger partial charge in [0.25, 0.3) is 0 Å². The van der Waals surface area contributed by atoms with E-state index < -0.39 is 27.9 Å². The monoisotopic (exact) mass is 377 g/mol. The second-order valence-electron chi connectivity index (χ2n) is 5.60. The summed E-state index contributed by atoms with van der Waals surface area (Å²) in [5.74, 6) is 0.207. The molecule has 0 spiro atoms. The van der Waals surface area contributed by atoms with Gasteiger partial charge in [0.1, 0.15) is 16.7 Å². The standard InChI is InChI=1S/C14H14F3N3O4S/c1-8-13(9(2)24-19-8)25(21,22)20-6-11(7-20)23-12-4-3-10(5-18-12)14(15,16)17/h3-5,11H,6-7H2,1-2H3. The van der Waals surface area contributed by atoms with Crippen LogP contribution in [-0.2, 0) is 16.2 Å². The van der Waals surface area contributed by atoms with Crippen LogP contribution < -0.4 is 4.74 Å².